The Morgan fingerprint density at radius 1 is 0.405 bits per heavy atom. The highest BCUT2D eigenvalue weighted by atomic mass is 19.4. The summed E-state index contributed by atoms with van der Waals surface area (Å²) in [5, 5.41) is 2.23. The second-order valence-electron chi connectivity index (χ2n) is 19.7. The van der Waals surface area contributed by atoms with E-state index in [0.29, 0.717) is 11.4 Å². The van der Waals surface area contributed by atoms with Crippen molar-refractivity contribution in [2.24, 2.45) is 0 Å². The summed E-state index contributed by atoms with van der Waals surface area (Å²) in [6.45, 7) is 7.72. The molecule has 0 bridgehead atoms. The molecule has 1 aliphatic carbocycles. The van der Waals surface area contributed by atoms with E-state index in [9.17, 15) is 13.2 Å². The molecule has 0 spiro atoms. The number of hydrogen-bond acceptors (Lipinski definition) is 3. The third-order valence-electron chi connectivity index (χ3n) is 15.2. The molecular formula is C72H49F3N2O2. The molecule has 7 heteroatoms. The van der Waals surface area contributed by atoms with E-state index >= 15 is 0 Å². The van der Waals surface area contributed by atoms with Gasteiger partial charge in [-0.05, 0) is 183 Å². The van der Waals surface area contributed by atoms with Crippen molar-refractivity contribution in [2.45, 2.75) is 11.6 Å². The Balaban J connectivity index is 0.890. The SMILES string of the molecule is C=Cc1ccc(Oc2ccc(-n3c4ccccc4c4cc(-c5ccc(N(c6ccc(C(F)(F)F)cc6)c6ccc7c(c6)C(c6ccccc6)(c6ccc(Oc8ccc(C=C)cc8)cc6)c6ccccc6-7)cc5)ccc43)cc2)cc1. The Morgan fingerprint density at radius 3 is 1.52 bits per heavy atom. The van der Waals surface area contributed by atoms with E-state index in [1.165, 1.54) is 0 Å². The highest BCUT2D eigenvalue weighted by Gasteiger charge is 2.46. The van der Waals surface area contributed by atoms with Gasteiger partial charge in [-0.25, -0.2) is 0 Å². The maximum atomic E-state index is 14.2. The highest BCUT2D eigenvalue weighted by molar-refractivity contribution is 6.10. The maximum Gasteiger partial charge on any atom is 0.416 e. The van der Waals surface area contributed by atoms with Gasteiger partial charge in [0, 0.05) is 33.5 Å². The fourth-order valence-electron chi connectivity index (χ4n) is 11.4. The van der Waals surface area contributed by atoms with Crippen LogP contribution in [0.1, 0.15) is 38.9 Å². The largest absolute Gasteiger partial charge is 0.457 e. The zero-order valence-electron chi connectivity index (χ0n) is 42.7. The summed E-state index contributed by atoms with van der Waals surface area (Å²) < 4.78 is 57.3. The maximum absolute atomic E-state index is 14.2. The molecule has 11 aromatic carbocycles. The van der Waals surface area contributed by atoms with Crippen LogP contribution in [0.15, 0.2) is 274 Å². The number of alkyl halides is 3. The van der Waals surface area contributed by atoms with Crippen molar-refractivity contribution in [3.05, 3.63) is 313 Å². The molecule has 0 radical (unpaired) electrons. The zero-order valence-corrected chi connectivity index (χ0v) is 42.7. The number of nitrogens with zero attached hydrogens (tertiary/aromatic N) is 2. The van der Waals surface area contributed by atoms with Crippen LogP contribution in [0.25, 0.3) is 61.9 Å². The smallest absolute Gasteiger partial charge is 0.416 e. The molecule has 0 amide bonds. The van der Waals surface area contributed by atoms with Gasteiger partial charge in [-0.15, -0.1) is 0 Å². The van der Waals surface area contributed by atoms with Crippen molar-refractivity contribution in [3.8, 4) is 50.9 Å². The lowest BCUT2D eigenvalue weighted by atomic mass is 9.67. The van der Waals surface area contributed by atoms with Gasteiger partial charge in [-0.1, -0.05) is 159 Å². The van der Waals surface area contributed by atoms with Crippen LogP contribution in [0.2, 0.25) is 0 Å². The Hall–Kier alpha value is -10.1. The predicted octanol–water partition coefficient (Wildman–Crippen LogP) is 20.2. The minimum absolute atomic E-state index is 0.583. The molecule has 0 N–H and O–H groups in total. The first-order chi connectivity index (χ1) is 38.7. The van der Waals surface area contributed by atoms with Crippen LogP contribution in [-0.2, 0) is 11.6 Å². The number of fused-ring (bicyclic) bond motifs is 6. The third-order valence-corrected chi connectivity index (χ3v) is 15.2. The normalized spacial score (nSPS) is 13.7. The van der Waals surface area contributed by atoms with Crippen LogP contribution in [0, 0.1) is 0 Å². The first-order valence-corrected chi connectivity index (χ1v) is 26.1. The highest BCUT2D eigenvalue weighted by Crippen LogP contribution is 2.57. The quantitative estimate of drug-likeness (QED) is 0.115. The number of hydrogen-bond donors (Lipinski definition) is 0. The van der Waals surface area contributed by atoms with E-state index in [0.717, 1.165) is 124 Å². The number of halogens is 3. The molecule has 1 unspecified atom stereocenters. The van der Waals surface area contributed by atoms with Crippen LogP contribution in [-0.4, -0.2) is 4.57 Å². The van der Waals surface area contributed by atoms with Crippen LogP contribution in [0.5, 0.6) is 23.0 Å². The van der Waals surface area contributed by atoms with Crippen molar-refractivity contribution in [3.63, 3.8) is 0 Å². The van der Waals surface area contributed by atoms with Crippen LogP contribution < -0.4 is 14.4 Å². The number of para-hydroxylation sites is 1. The van der Waals surface area contributed by atoms with Crippen LogP contribution in [0.4, 0.5) is 30.2 Å². The summed E-state index contributed by atoms with van der Waals surface area (Å²) in [5.74, 6) is 2.90. The summed E-state index contributed by atoms with van der Waals surface area (Å²) in [4.78, 5) is 2.04. The molecule has 1 aliphatic rings. The Labute approximate surface area is 456 Å². The van der Waals surface area contributed by atoms with Gasteiger partial charge in [0.25, 0.3) is 0 Å². The van der Waals surface area contributed by atoms with Crippen LogP contribution in [0.3, 0.4) is 0 Å². The Morgan fingerprint density at radius 2 is 0.899 bits per heavy atom. The minimum atomic E-state index is -4.50. The fourth-order valence-corrected chi connectivity index (χ4v) is 11.4. The first-order valence-electron chi connectivity index (χ1n) is 26.1. The van der Waals surface area contributed by atoms with Gasteiger partial charge >= 0.3 is 6.18 Å². The van der Waals surface area contributed by atoms with Gasteiger partial charge in [0.2, 0.25) is 0 Å². The molecule has 0 aliphatic heterocycles. The second-order valence-corrected chi connectivity index (χ2v) is 19.7. The fraction of sp³-hybridized carbons (Fsp3) is 0.0278. The summed E-state index contributed by atoms with van der Waals surface area (Å²) >= 11 is 0. The van der Waals surface area contributed by atoms with Gasteiger partial charge in [0.15, 0.2) is 0 Å². The van der Waals surface area contributed by atoms with Gasteiger partial charge in [-0.2, -0.15) is 13.2 Å². The number of anilines is 3. The van der Waals surface area contributed by atoms with Crippen molar-refractivity contribution < 1.29 is 22.6 Å². The standard InChI is InChI=1S/C72H49F3N2O2/c1-3-48-18-36-59(37-19-48)78-61-40-27-53(28-41-61)71(52-12-6-5-7-13-52)67-16-10-8-14-63(67)64-44-35-58(47-68(64)71)76(56-31-25-54(26-32-56)72(73,74)75)55-29-22-50(23-30-55)51-24-45-70-66(46-51)65-15-9-11-17-69(65)77(70)57-33-42-62(43-34-57)79-60-38-20-49(4-2)21-39-60/h3-47H,1-2H2. The van der Waals surface area contributed by atoms with Crippen molar-refractivity contribution in [2.75, 3.05) is 4.90 Å². The van der Waals surface area contributed by atoms with Crippen molar-refractivity contribution in [1.82, 2.24) is 4.57 Å². The van der Waals surface area contributed by atoms with Gasteiger partial charge < -0.3 is 18.9 Å². The van der Waals surface area contributed by atoms with E-state index in [-0.39, 0.29) is 0 Å². The number of ether oxygens (including phenoxy) is 2. The van der Waals surface area contributed by atoms with E-state index in [1.807, 2.05) is 102 Å². The zero-order chi connectivity index (χ0) is 53.7. The number of rotatable bonds is 13. The van der Waals surface area contributed by atoms with Crippen molar-refractivity contribution >= 4 is 51.0 Å². The molecule has 79 heavy (non-hydrogen) atoms. The van der Waals surface area contributed by atoms with E-state index in [1.54, 1.807) is 18.2 Å². The molecule has 1 atom stereocenters. The Kier molecular flexibility index (Phi) is 12.2. The molecule has 0 saturated heterocycles. The minimum Gasteiger partial charge on any atom is -0.457 e. The van der Waals surface area contributed by atoms with Gasteiger partial charge in [-0.3, -0.25) is 0 Å². The molecular weight excluding hydrogens is 982 g/mol. The van der Waals surface area contributed by atoms with Gasteiger partial charge in [0.1, 0.15) is 23.0 Å². The molecule has 12 aromatic rings. The summed E-state index contributed by atoms with van der Waals surface area (Å²) in [6, 6.07) is 86.2. The second kappa shape index (κ2) is 19.8. The van der Waals surface area contributed by atoms with E-state index in [4.69, 9.17) is 9.47 Å². The van der Waals surface area contributed by atoms with Gasteiger partial charge in [0.05, 0.1) is 22.0 Å². The molecule has 1 heterocycles. The first kappa shape index (κ1) is 48.5. The van der Waals surface area contributed by atoms with E-state index in [2.05, 4.69) is 163 Å². The monoisotopic (exact) mass is 1030 g/mol. The third kappa shape index (κ3) is 8.72. The molecule has 4 nitrogen and oxygen atoms in total. The predicted molar refractivity (Wildman–Crippen MR) is 316 cm³/mol. The molecule has 380 valence electrons. The lowest BCUT2D eigenvalue weighted by molar-refractivity contribution is -0.137. The topological polar surface area (TPSA) is 26.6 Å². The number of aromatic nitrogens is 1. The van der Waals surface area contributed by atoms with Crippen LogP contribution >= 0.6 is 0 Å². The molecule has 0 saturated carbocycles. The molecule has 1 aromatic heterocycles. The summed E-state index contributed by atoms with van der Waals surface area (Å²) in [7, 11) is 0. The summed E-state index contributed by atoms with van der Waals surface area (Å²) in [5.41, 5.74) is 14.3. The summed E-state index contributed by atoms with van der Waals surface area (Å²) in [6.07, 6.45) is -0.888. The van der Waals surface area contributed by atoms with E-state index < -0.39 is 17.2 Å². The lowest BCUT2D eigenvalue weighted by Gasteiger charge is -2.35. The van der Waals surface area contributed by atoms with Crippen molar-refractivity contribution in [1.29, 1.82) is 0 Å². The average molecular weight is 1030 g/mol. The molecule has 0 fully saturated rings. The lowest BCUT2D eigenvalue weighted by Crippen LogP contribution is -2.28. The average Bonchev–Trinajstić information content (AvgIpc) is 3.61. The molecule has 13 rings (SSSR count). The number of benzene rings is 11. The Bertz CT molecular complexity index is 4220.